The molecule has 2 N–H and O–H groups in total. The van der Waals surface area contributed by atoms with Gasteiger partial charge in [0, 0.05) is 14.9 Å². The molecule has 0 fully saturated rings. The van der Waals surface area contributed by atoms with Gasteiger partial charge in [-0.15, -0.1) is 11.8 Å². The van der Waals surface area contributed by atoms with E-state index < -0.39 is 0 Å². The van der Waals surface area contributed by atoms with Crippen LogP contribution in [-0.2, 0) is 0 Å². The van der Waals surface area contributed by atoms with Gasteiger partial charge in [0.25, 0.3) is 0 Å². The molecule has 0 aliphatic heterocycles. The lowest BCUT2D eigenvalue weighted by Crippen LogP contribution is -2.06. The molecule has 94 valence electrons. The third-order valence-corrected chi connectivity index (χ3v) is 4.40. The van der Waals surface area contributed by atoms with E-state index in [0.29, 0.717) is 10.0 Å². The molecule has 0 aliphatic rings. The summed E-state index contributed by atoms with van der Waals surface area (Å²) in [6.07, 6.45) is 0. The van der Waals surface area contributed by atoms with Crippen LogP contribution in [0.5, 0.6) is 0 Å². The molecule has 4 heteroatoms. The van der Waals surface area contributed by atoms with Crippen molar-refractivity contribution in [1.29, 1.82) is 0 Å². The van der Waals surface area contributed by atoms with Crippen LogP contribution >= 0.6 is 35.0 Å². The van der Waals surface area contributed by atoms with Gasteiger partial charge in [-0.05, 0) is 36.2 Å². The van der Waals surface area contributed by atoms with Crippen LogP contribution < -0.4 is 5.73 Å². The van der Waals surface area contributed by atoms with E-state index in [1.54, 1.807) is 23.9 Å². The summed E-state index contributed by atoms with van der Waals surface area (Å²) in [5, 5.41) is 1.03. The first-order chi connectivity index (χ1) is 8.58. The van der Waals surface area contributed by atoms with Gasteiger partial charge >= 0.3 is 0 Å². The lowest BCUT2D eigenvalue weighted by atomic mass is 10.2. The molecule has 1 nitrogen and oxygen atoms in total. The molecule has 2 rings (SSSR count). The Labute approximate surface area is 121 Å². The largest absolute Gasteiger partial charge is 0.315 e. The Kier molecular flexibility index (Phi) is 4.57. The molecule has 1 atom stereocenters. The second-order valence-electron chi connectivity index (χ2n) is 3.97. The molecule has 0 aliphatic carbocycles. The minimum Gasteiger partial charge on any atom is -0.315 e. The highest BCUT2D eigenvalue weighted by atomic mass is 35.5. The van der Waals surface area contributed by atoms with Crippen molar-refractivity contribution in [3.8, 4) is 0 Å². The molecule has 0 saturated heterocycles. The average molecular weight is 298 g/mol. The minimum absolute atomic E-state index is 0.198. The first-order valence-corrected chi connectivity index (χ1v) is 7.14. The van der Waals surface area contributed by atoms with Crippen molar-refractivity contribution in [3.05, 3.63) is 63.6 Å². The lowest BCUT2D eigenvalue weighted by molar-refractivity contribution is 1.03. The second kappa shape index (κ2) is 5.98. The van der Waals surface area contributed by atoms with Gasteiger partial charge in [-0.1, -0.05) is 47.5 Å². The van der Waals surface area contributed by atoms with Crippen molar-refractivity contribution in [2.45, 2.75) is 17.2 Å². The maximum Gasteiger partial charge on any atom is 0.0825 e. The SMILES string of the molecule is Cc1ccccc1SC(N)c1ccc(Cl)cc1Cl. The fourth-order valence-corrected chi connectivity index (χ4v) is 3.23. The molecule has 2 aromatic rings. The summed E-state index contributed by atoms with van der Waals surface area (Å²) < 4.78 is 0. The van der Waals surface area contributed by atoms with E-state index >= 15 is 0 Å². The number of hydrogen-bond donors (Lipinski definition) is 1. The van der Waals surface area contributed by atoms with Crippen LogP contribution in [-0.4, -0.2) is 0 Å². The van der Waals surface area contributed by atoms with E-state index in [2.05, 4.69) is 19.1 Å². The maximum absolute atomic E-state index is 6.18. The fraction of sp³-hybridized carbons (Fsp3) is 0.143. The summed E-state index contributed by atoms with van der Waals surface area (Å²) in [5.74, 6) is 0. The standard InChI is InChI=1S/C14H13Cl2NS/c1-9-4-2-3-5-13(9)18-14(17)11-7-6-10(15)8-12(11)16/h2-8,14H,17H2,1H3. The highest BCUT2D eigenvalue weighted by Crippen LogP contribution is 2.36. The van der Waals surface area contributed by atoms with Crippen LogP contribution in [0.1, 0.15) is 16.5 Å². The van der Waals surface area contributed by atoms with Gasteiger partial charge in [0.15, 0.2) is 0 Å². The Hall–Kier alpha value is -0.670. The normalized spacial score (nSPS) is 12.4. The van der Waals surface area contributed by atoms with Gasteiger partial charge in [0.1, 0.15) is 0 Å². The van der Waals surface area contributed by atoms with Crippen molar-refractivity contribution in [2.24, 2.45) is 5.73 Å². The topological polar surface area (TPSA) is 26.0 Å². The lowest BCUT2D eigenvalue weighted by Gasteiger charge is -2.15. The van der Waals surface area contributed by atoms with Gasteiger partial charge in [0.2, 0.25) is 0 Å². The molecule has 0 saturated carbocycles. The zero-order chi connectivity index (χ0) is 13.1. The molecule has 0 amide bonds. The minimum atomic E-state index is -0.198. The zero-order valence-corrected chi connectivity index (χ0v) is 12.2. The van der Waals surface area contributed by atoms with Crippen molar-refractivity contribution in [2.75, 3.05) is 0 Å². The molecular weight excluding hydrogens is 285 g/mol. The molecule has 2 aromatic carbocycles. The Morgan fingerprint density at radius 3 is 2.50 bits per heavy atom. The van der Waals surface area contributed by atoms with Gasteiger partial charge < -0.3 is 5.73 Å². The summed E-state index contributed by atoms with van der Waals surface area (Å²) in [6.45, 7) is 2.07. The molecule has 0 aromatic heterocycles. The van der Waals surface area contributed by atoms with E-state index in [-0.39, 0.29) is 5.37 Å². The molecule has 0 bridgehead atoms. The predicted molar refractivity (Wildman–Crippen MR) is 80.4 cm³/mol. The number of rotatable bonds is 3. The van der Waals surface area contributed by atoms with Gasteiger partial charge in [-0.25, -0.2) is 0 Å². The van der Waals surface area contributed by atoms with Crippen molar-refractivity contribution in [3.63, 3.8) is 0 Å². The third-order valence-electron chi connectivity index (χ3n) is 2.62. The first kappa shape index (κ1) is 13.8. The Morgan fingerprint density at radius 1 is 1.11 bits per heavy atom. The second-order valence-corrected chi connectivity index (χ2v) is 6.00. The Morgan fingerprint density at radius 2 is 1.83 bits per heavy atom. The Balaban J connectivity index is 2.22. The van der Waals surface area contributed by atoms with Crippen LogP contribution in [0.2, 0.25) is 10.0 Å². The number of hydrogen-bond acceptors (Lipinski definition) is 2. The van der Waals surface area contributed by atoms with Crippen molar-refractivity contribution in [1.82, 2.24) is 0 Å². The van der Waals surface area contributed by atoms with Crippen molar-refractivity contribution < 1.29 is 0 Å². The summed E-state index contributed by atoms with van der Waals surface area (Å²) in [5.41, 5.74) is 8.29. The van der Waals surface area contributed by atoms with Gasteiger partial charge in [-0.2, -0.15) is 0 Å². The van der Waals surface area contributed by atoms with E-state index in [1.165, 1.54) is 5.56 Å². The van der Waals surface area contributed by atoms with E-state index in [4.69, 9.17) is 28.9 Å². The van der Waals surface area contributed by atoms with Gasteiger partial charge in [-0.3, -0.25) is 0 Å². The molecule has 0 heterocycles. The van der Waals surface area contributed by atoms with E-state index in [0.717, 1.165) is 10.5 Å². The monoisotopic (exact) mass is 297 g/mol. The number of nitrogens with two attached hydrogens (primary N) is 1. The van der Waals surface area contributed by atoms with E-state index in [1.807, 2.05) is 18.2 Å². The van der Waals surface area contributed by atoms with E-state index in [9.17, 15) is 0 Å². The van der Waals surface area contributed by atoms with Crippen LogP contribution in [0.25, 0.3) is 0 Å². The predicted octanol–water partition coefficient (Wildman–Crippen LogP) is 5.05. The molecule has 0 spiro atoms. The molecule has 0 radical (unpaired) electrons. The van der Waals surface area contributed by atoms with Crippen molar-refractivity contribution >= 4 is 35.0 Å². The summed E-state index contributed by atoms with van der Waals surface area (Å²) in [4.78, 5) is 1.16. The van der Waals surface area contributed by atoms with Gasteiger partial charge in [0.05, 0.1) is 5.37 Å². The molecule has 18 heavy (non-hydrogen) atoms. The fourth-order valence-electron chi connectivity index (χ4n) is 1.62. The van der Waals surface area contributed by atoms with Crippen LogP contribution in [0.3, 0.4) is 0 Å². The third kappa shape index (κ3) is 3.21. The highest BCUT2D eigenvalue weighted by molar-refractivity contribution is 7.99. The maximum atomic E-state index is 6.18. The summed E-state index contributed by atoms with van der Waals surface area (Å²) in [7, 11) is 0. The number of benzene rings is 2. The smallest absolute Gasteiger partial charge is 0.0825 e. The quantitative estimate of drug-likeness (QED) is 0.633. The molecular formula is C14H13Cl2NS. The van der Waals surface area contributed by atoms with Crippen LogP contribution in [0.4, 0.5) is 0 Å². The van der Waals surface area contributed by atoms with Crippen LogP contribution in [0, 0.1) is 6.92 Å². The summed E-state index contributed by atoms with van der Waals surface area (Å²) >= 11 is 13.6. The van der Waals surface area contributed by atoms with Crippen LogP contribution in [0.15, 0.2) is 47.4 Å². The first-order valence-electron chi connectivity index (χ1n) is 5.51. The number of halogens is 2. The number of thioether (sulfide) groups is 1. The average Bonchev–Trinajstić information content (AvgIpc) is 2.32. The molecule has 1 unspecified atom stereocenters. The highest BCUT2D eigenvalue weighted by Gasteiger charge is 2.12. The number of aryl methyl sites for hydroxylation is 1. The summed E-state index contributed by atoms with van der Waals surface area (Å²) in [6, 6.07) is 13.5. The Bertz CT molecular complexity index is 557. The zero-order valence-electron chi connectivity index (χ0n) is 9.86.